The summed E-state index contributed by atoms with van der Waals surface area (Å²) in [4.78, 5) is 16.5. The lowest BCUT2D eigenvalue weighted by Crippen LogP contribution is -2.36. The van der Waals surface area contributed by atoms with E-state index in [2.05, 4.69) is 27.6 Å². The number of rotatable bonds is 3. The summed E-state index contributed by atoms with van der Waals surface area (Å²) in [6, 6.07) is 0. The molecule has 1 saturated carbocycles. The Morgan fingerprint density at radius 3 is 2.82 bits per heavy atom. The minimum atomic E-state index is -0.777. The predicted octanol–water partition coefficient (Wildman–Crippen LogP) is 3.12. The molecule has 1 aromatic rings. The Hall–Kier alpha value is -0.01000. The fourth-order valence-corrected chi connectivity index (χ4v) is 4.06. The van der Waals surface area contributed by atoms with Gasteiger partial charge in [-0.1, -0.05) is 6.42 Å². The third-order valence-electron chi connectivity index (χ3n) is 3.45. The highest BCUT2D eigenvalue weighted by Gasteiger charge is 2.42. The standard InChI is InChI=1S/C12H16INO2S/c1-12(2,16)8-5-3-4-7(8)10(15)11-14-6-9(13)17-11/h6-8,16H,3-5H2,1-2H3. The molecule has 94 valence electrons. The maximum atomic E-state index is 12.4. The SMILES string of the molecule is CC(C)(O)C1CCCC1C(=O)c1ncc(I)s1. The molecule has 2 atom stereocenters. The van der Waals surface area contributed by atoms with Crippen molar-refractivity contribution in [3.05, 3.63) is 14.1 Å². The number of thiazole rings is 1. The van der Waals surface area contributed by atoms with Gasteiger partial charge in [0, 0.05) is 5.92 Å². The molecule has 0 bridgehead atoms. The maximum Gasteiger partial charge on any atom is 0.194 e. The van der Waals surface area contributed by atoms with E-state index in [1.165, 1.54) is 11.3 Å². The van der Waals surface area contributed by atoms with Crippen LogP contribution in [0.2, 0.25) is 0 Å². The molecule has 1 N–H and O–H groups in total. The second-order valence-electron chi connectivity index (χ2n) is 5.13. The third kappa shape index (κ3) is 2.88. The zero-order chi connectivity index (χ0) is 12.6. The molecule has 2 unspecified atom stereocenters. The number of halogens is 1. The van der Waals surface area contributed by atoms with Crippen LogP contribution in [0.25, 0.3) is 0 Å². The van der Waals surface area contributed by atoms with E-state index in [-0.39, 0.29) is 17.6 Å². The second kappa shape index (κ2) is 4.93. The van der Waals surface area contributed by atoms with Crippen molar-refractivity contribution in [2.75, 3.05) is 0 Å². The van der Waals surface area contributed by atoms with Crippen LogP contribution in [0.1, 0.15) is 42.9 Å². The number of hydrogen-bond acceptors (Lipinski definition) is 4. The molecule has 0 saturated heterocycles. The number of aromatic nitrogens is 1. The van der Waals surface area contributed by atoms with E-state index in [1.54, 1.807) is 20.0 Å². The minimum absolute atomic E-state index is 0.0584. The highest BCUT2D eigenvalue weighted by molar-refractivity contribution is 14.1. The largest absolute Gasteiger partial charge is 0.390 e. The molecule has 2 rings (SSSR count). The van der Waals surface area contributed by atoms with Crippen LogP contribution in [0, 0.1) is 14.7 Å². The molecule has 1 aliphatic carbocycles. The van der Waals surface area contributed by atoms with Crippen molar-refractivity contribution in [1.82, 2.24) is 4.98 Å². The first-order valence-electron chi connectivity index (χ1n) is 5.77. The van der Waals surface area contributed by atoms with Gasteiger partial charge in [-0.2, -0.15) is 0 Å². The molecule has 0 aromatic carbocycles. The van der Waals surface area contributed by atoms with Gasteiger partial charge in [0.1, 0.15) is 0 Å². The average Bonchev–Trinajstić information content (AvgIpc) is 2.83. The third-order valence-corrected chi connectivity index (χ3v) is 5.19. The monoisotopic (exact) mass is 365 g/mol. The molecule has 1 fully saturated rings. The van der Waals surface area contributed by atoms with Crippen molar-refractivity contribution in [2.45, 2.75) is 38.7 Å². The summed E-state index contributed by atoms with van der Waals surface area (Å²) in [5, 5.41) is 10.7. The van der Waals surface area contributed by atoms with E-state index < -0.39 is 5.60 Å². The van der Waals surface area contributed by atoms with E-state index >= 15 is 0 Å². The lowest BCUT2D eigenvalue weighted by Gasteiger charge is -2.29. The summed E-state index contributed by atoms with van der Waals surface area (Å²) >= 11 is 3.61. The minimum Gasteiger partial charge on any atom is -0.390 e. The Balaban J connectivity index is 2.19. The fraction of sp³-hybridized carbons (Fsp3) is 0.667. The maximum absolute atomic E-state index is 12.4. The molecule has 17 heavy (non-hydrogen) atoms. The van der Waals surface area contributed by atoms with E-state index in [0.717, 1.165) is 22.1 Å². The van der Waals surface area contributed by atoms with Gasteiger partial charge in [0.15, 0.2) is 10.8 Å². The summed E-state index contributed by atoms with van der Waals surface area (Å²) in [6.07, 6.45) is 4.56. The van der Waals surface area contributed by atoms with Gasteiger partial charge in [-0.05, 0) is 55.2 Å². The molecule has 0 aliphatic heterocycles. The van der Waals surface area contributed by atoms with Crippen molar-refractivity contribution < 1.29 is 9.90 Å². The van der Waals surface area contributed by atoms with Gasteiger partial charge in [0.2, 0.25) is 0 Å². The van der Waals surface area contributed by atoms with Gasteiger partial charge in [0.25, 0.3) is 0 Å². The molecular formula is C12H16INO2S. The molecule has 0 amide bonds. The first-order chi connectivity index (χ1) is 7.89. The van der Waals surface area contributed by atoms with Gasteiger partial charge in [-0.15, -0.1) is 11.3 Å². The van der Waals surface area contributed by atoms with Crippen molar-refractivity contribution in [2.24, 2.45) is 11.8 Å². The molecule has 1 heterocycles. The fourth-order valence-electron chi connectivity index (χ4n) is 2.65. The molecule has 0 spiro atoms. The van der Waals surface area contributed by atoms with Crippen LogP contribution in [0.15, 0.2) is 6.20 Å². The summed E-state index contributed by atoms with van der Waals surface area (Å²) in [5.41, 5.74) is -0.777. The smallest absolute Gasteiger partial charge is 0.194 e. The van der Waals surface area contributed by atoms with Crippen molar-refractivity contribution in [3.63, 3.8) is 0 Å². The van der Waals surface area contributed by atoms with Gasteiger partial charge in [0.05, 0.1) is 14.7 Å². The van der Waals surface area contributed by atoms with E-state index in [1.807, 2.05) is 0 Å². The Kier molecular flexibility index (Phi) is 3.89. The second-order valence-corrected chi connectivity index (χ2v) is 8.06. The van der Waals surface area contributed by atoms with Crippen molar-refractivity contribution >= 4 is 39.7 Å². The van der Waals surface area contributed by atoms with Crippen LogP contribution in [0.5, 0.6) is 0 Å². The van der Waals surface area contributed by atoms with Crippen LogP contribution < -0.4 is 0 Å². The number of ketones is 1. The normalized spacial score (nSPS) is 25.2. The summed E-state index contributed by atoms with van der Waals surface area (Å²) in [5.74, 6) is 0.121. The molecule has 0 radical (unpaired) electrons. The zero-order valence-electron chi connectivity index (χ0n) is 9.94. The van der Waals surface area contributed by atoms with Crippen LogP contribution in [0.4, 0.5) is 0 Å². The zero-order valence-corrected chi connectivity index (χ0v) is 12.9. The van der Waals surface area contributed by atoms with Crippen molar-refractivity contribution in [3.8, 4) is 0 Å². The number of hydrogen-bond donors (Lipinski definition) is 1. The van der Waals surface area contributed by atoms with Crippen molar-refractivity contribution in [1.29, 1.82) is 0 Å². The molecule has 5 heteroatoms. The van der Waals surface area contributed by atoms with Gasteiger partial charge in [-0.3, -0.25) is 4.79 Å². The van der Waals surface area contributed by atoms with Crippen LogP contribution >= 0.6 is 33.9 Å². The Morgan fingerprint density at radius 1 is 1.59 bits per heavy atom. The number of carbonyl (C=O) groups excluding carboxylic acids is 1. The summed E-state index contributed by atoms with van der Waals surface area (Å²) in [6.45, 7) is 3.60. The van der Waals surface area contributed by atoms with E-state index in [0.29, 0.717) is 5.01 Å². The van der Waals surface area contributed by atoms with Crippen LogP contribution in [-0.4, -0.2) is 21.5 Å². The number of carbonyl (C=O) groups is 1. The number of nitrogens with zero attached hydrogens (tertiary/aromatic N) is 1. The Morgan fingerprint density at radius 2 is 2.29 bits per heavy atom. The quantitative estimate of drug-likeness (QED) is 0.662. The van der Waals surface area contributed by atoms with E-state index in [9.17, 15) is 9.90 Å². The predicted molar refractivity (Wildman–Crippen MR) is 76.3 cm³/mol. The highest BCUT2D eigenvalue weighted by atomic mass is 127. The molecule has 1 aliphatic rings. The van der Waals surface area contributed by atoms with Gasteiger partial charge >= 0.3 is 0 Å². The lowest BCUT2D eigenvalue weighted by atomic mass is 9.80. The summed E-state index contributed by atoms with van der Waals surface area (Å²) < 4.78 is 1.03. The first kappa shape index (κ1) is 13.4. The lowest BCUT2D eigenvalue weighted by molar-refractivity contribution is 0.00213. The van der Waals surface area contributed by atoms with Gasteiger partial charge < -0.3 is 5.11 Å². The Labute approximate surface area is 119 Å². The first-order valence-corrected chi connectivity index (χ1v) is 7.67. The van der Waals surface area contributed by atoms with Gasteiger partial charge in [-0.25, -0.2) is 4.98 Å². The number of Topliss-reactive ketones (excluding diaryl/α,β-unsaturated/α-hetero) is 1. The molecule has 1 aromatic heterocycles. The van der Waals surface area contributed by atoms with Crippen LogP contribution in [-0.2, 0) is 0 Å². The topological polar surface area (TPSA) is 50.2 Å². The molecular weight excluding hydrogens is 349 g/mol. The Bertz CT molecular complexity index is 424. The van der Waals surface area contributed by atoms with Crippen LogP contribution in [0.3, 0.4) is 0 Å². The van der Waals surface area contributed by atoms with E-state index in [4.69, 9.17) is 0 Å². The molecule has 3 nitrogen and oxygen atoms in total. The summed E-state index contributed by atoms with van der Waals surface area (Å²) in [7, 11) is 0. The highest BCUT2D eigenvalue weighted by Crippen LogP contribution is 2.41. The number of aliphatic hydroxyl groups is 1. The average molecular weight is 365 g/mol.